The molecule has 0 saturated heterocycles. The molecule has 0 aliphatic carbocycles. The minimum absolute atomic E-state index is 0.0931. The molecule has 166 valence electrons. The summed E-state index contributed by atoms with van der Waals surface area (Å²) in [6, 6.07) is 18.9. The molecule has 3 aromatic carbocycles. The number of phenolic OH excluding ortho intramolecular Hbond substituents is 1. The summed E-state index contributed by atoms with van der Waals surface area (Å²) in [6.45, 7) is 2.61. The second kappa shape index (κ2) is 11.5. The topological polar surface area (TPSA) is 70.4 Å². The zero-order valence-corrected chi connectivity index (χ0v) is 19.0. The Kier molecular flexibility index (Phi) is 8.46. The first-order chi connectivity index (χ1) is 15.5. The molecule has 2 N–H and O–H groups in total. The first-order valence-corrected chi connectivity index (χ1v) is 11.3. The van der Waals surface area contributed by atoms with Gasteiger partial charge >= 0.3 is 0 Å². The Morgan fingerprint density at radius 2 is 1.69 bits per heavy atom. The van der Waals surface area contributed by atoms with E-state index in [1.54, 1.807) is 48.5 Å². The lowest BCUT2D eigenvalue weighted by Crippen LogP contribution is -2.06. The first kappa shape index (κ1) is 23.6. The SMILES string of the molecule is CCCCCC(=N)CCOc1ccc(C(=O)c2ccc(O)cc2-c2ccc(Cl)cc2)cc1. The Morgan fingerprint density at radius 3 is 2.38 bits per heavy atom. The number of nitrogens with one attached hydrogen (secondary N) is 1. The molecule has 0 unspecified atom stereocenters. The van der Waals surface area contributed by atoms with Gasteiger partial charge in [-0.1, -0.05) is 43.5 Å². The predicted octanol–water partition coefficient (Wildman–Crippen LogP) is 7.31. The summed E-state index contributed by atoms with van der Waals surface area (Å²) < 4.78 is 5.75. The number of phenols is 1. The van der Waals surface area contributed by atoms with Gasteiger partial charge in [0.1, 0.15) is 11.5 Å². The number of benzene rings is 3. The summed E-state index contributed by atoms with van der Waals surface area (Å²) in [5, 5.41) is 18.5. The van der Waals surface area contributed by atoms with Crippen molar-refractivity contribution >= 4 is 23.1 Å². The van der Waals surface area contributed by atoms with Crippen molar-refractivity contribution in [3.05, 3.63) is 82.9 Å². The van der Waals surface area contributed by atoms with Crippen molar-refractivity contribution in [2.24, 2.45) is 0 Å². The summed E-state index contributed by atoms with van der Waals surface area (Å²) in [7, 11) is 0. The smallest absolute Gasteiger partial charge is 0.193 e. The van der Waals surface area contributed by atoms with Crippen molar-refractivity contribution < 1.29 is 14.6 Å². The minimum Gasteiger partial charge on any atom is -0.508 e. The number of hydrogen-bond donors (Lipinski definition) is 2. The zero-order chi connectivity index (χ0) is 22.9. The van der Waals surface area contributed by atoms with Gasteiger partial charge in [-0.25, -0.2) is 0 Å². The maximum atomic E-state index is 13.2. The fourth-order valence-electron chi connectivity index (χ4n) is 3.46. The van der Waals surface area contributed by atoms with Crippen LogP contribution in [0.15, 0.2) is 66.7 Å². The van der Waals surface area contributed by atoms with Gasteiger partial charge in [0, 0.05) is 28.3 Å². The van der Waals surface area contributed by atoms with E-state index in [0.29, 0.717) is 46.2 Å². The van der Waals surface area contributed by atoms with E-state index in [4.69, 9.17) is 21.7 Å². The van der Waals surface area contributed by atoms with Crippen LogP contribution in [0.1, 0.15) is 54.9 Å². The van der Waals surface area contributed by atoms with Crippen LogP contribution in [0.3, 0.4) is 0 Å². The molecule has 32 heavy (non-hydrogen) atoms. The Labute approximate surface area is 194 Å². The van der Waals surface area contributed by atoms with Crippen LogP contribution in [-0.2, 0) is 0 Å². The molecule has 0 heterocycles. The van der Waals surface area contributed by atoms with E-state index in [-0.39, 0.29) is 11.5 Å². The van der Waals surface area contributed by atoms with Gasteiger partial charge in [-0.3, -0.25) is 4.79 Å². The number of halogens is 1. The van der Waals surface area contributed by atoms with Crippen molar-refractivity contribution in [2.75, 3.05) is 6.61 Å². The zero-order valence-electron chi connectivity index (χ0n) is 18.2. The molecule has 5 heteroatoms. The molecule has 0 radical (unpaired) electrons. The third-order valence-electron chi connectivity index (χ3n) is 5.27. The molecule has 0 amide bonds. The second-order valence-electron chi connectivity index (χ2n) is 7.75. The fourth-order valence-corrected chi connectivity index (χ4v) is 3.59. The van der Waals surface area contributed by atoms with Crippen molar-refractivity contribution in [1.82, 2.24) is 0 Å². The maximum Gasteiger partial charge on any atom is 0.193 e. The number of ether oxygens (including phenoxy) is 1. The standard InChI is InChI=1S/C27H28ClNO3/c1-2-3-4-5-22(29)16-17-32-24-13-8-20(9-14-24)27(31)25-15-12-23(30)18-26(25)19-6-10-21(28)11-7-19/h6-15,18,29-30H,2-5,16-17H2,1H3. The molecule has 4 nitrogen and oxygen atoms in total. The van der Waals surface area contributed by atoms with Gasteiger partial charge in [-0.05, 0) is 78.6 Å². The first-order valence-electron chi connectivity index (χ1n) is 10.9. The summed E-state index contributed by atoms with van der Waals surface area (Å²) >= 11 is 5.99. The van der Waals surface area contributed by atoms with Crippen molar-refractivity contribution in [3.63, 3.8) is 0 Å². The monoisotopic (exact) mass is 449 g/mol. The number of carbonyl (C=O) groups is 1. The van der Waals surface area contributed by atoms with Gasteiger partial charge in [-0.15, -0.1) is 0 Å². The number of carbonyl (C=O) groups excluding carboxylic acids is 1. The van der Waals surface area contributed by atoms with Gasteiger partial charge in [0.25, 0.3) is 0 Å². The van der Waals surface area contributed by atoms with Crippen LogP contribution in [0.2, 0.25) is 5.02 Å². The Balaban J connectivity index is 1.67. The maximum absolute atomic E-state index is 13.2. The Bertz CT molecular complexity index is 1060. The number of unbranched alkanes of at least 4 members (excludes halogenated alkanes) is 2. The van der Waals surface area contributed by atoms with E-state index < -0.39 is 0 Å². The van der Waals surface area contributed by atoms with Gasteiger partial charge < -0.3 is 15.3 Å². The Hall–Kier alpha value is -3.11. The van der Waals surface area contributed by atoms with E-state index in [1.165, 1.54) is 6.07 Å². The number of ketones is 1. The lowest BCUT2D eigenvalue weighted by molar-refractivity contribution is 0.103. The van der Waals surface area contributed by atoms with E-state index in [9.17, 15) is 9.90 Å². The lowest BCUT2D eigenvalue weighted by Gasteiger charge is -2.11. The molecule has 0 fully saturated rings. The number of hydrogen-bond acceptors (Lipinski definition) is 4. The summed E-state index contributed by atoms with van der Waals surface area (Å²) in [5.41, 5.74) is 3.20. The molecule has 0 spiro atoms. The quantitative estimate of drug-likeness (QED) is 0.183. The molecule has 3 rings (SSSR count). The lowest BCUT2D eigenvalue weighted by atomic mass is 9.93. The average Bonchev–Trinajstić information content (AvgIpc) is 2.80. The number of rotatable bonds is 11. The van der Waals surface area contributed by atoms with Crippen LogP contribution in [0.5, 0.6) is 11.5 Å². The van der Waals surface area contributed by atoms with Crippen molar-refractivity contribution in [1.29, 1.82) is 5.41 Å². The predicted molar refractivity (Wildman–Crippen MR) is 130 cm³/mol. The van der Waals surface area contributed by atoms with E-state index >= 15 is 0 Å². The van der Waals surface area contributed by atoms with Gasteiger partial charge in [0.05, 0.1) is 6.61 Å². The van der Waals surface area contributed by atoms with Crippen LogP contribution in [0.4, 0.5) is 0 Å². The van der Waals surface area contributed by atoms with E-state index in [0.717, 1.165) is 31.2 Å². The highest BCUT2D eigenvalue weighted by atomic mass is 35.5. The normalized spacial score (nSPS) is 10.7. The third kappa shape index (κ3) is 6.44. The highest BCUT2D eigenvalue weighted by Gasteiger charge is 2.16. The molecular weight excluding hydrogens is 422 g/mol. The van der Waals surface area contributed by atoms with Crippen molar-refractivity contribution in [2.45, 2.75) is 39.0 Å². The second-order valence-corrected chi connectivity index (χ2v) is 8.19. The molecule has 0 saturated carbocycles. The summed E-state index contributed by atoms with van der Waals surface area (Å²) in [4.78, 5) is 13.2. The number of aromatic hydroxyl groups is 1. The molecule has 0 aliphatic rings. The van der Waals surface area contributed by atoms with Gasteiger partial charge in [0.2, 0.25) is 0 Å². The largest absolute Gasteiger partial charge is 0.508 e. The van der Waals surface area contributed by atoms with Crippen LogP contribution in [-0.4, -0.2) is 23.2 Å². The van der Waals surface area contributed by atoms with Crippen molar-refractivity contribution in [3.8, 4) is 22.6 Å². The molecule has 0 aliphatic heterocycles. The van der Waals surface area contributed by atoms with Gasteiger partial charge in [-0.2, -0.15) is 0 Å². The fraction of sp³-hybridized carbons (Fsp3) is 0.259. The summed E-state index contributed by atoms with van der Waals surface area (Å²) in [6.07, 6.45) is 4.80. The van der Waals surface area contributed by atoms with Crippen LogP contribution in [0, 0.1) is 5.41 Å². The third-order valence-corrected chi connectivity index (χ3v) is 5.53. The molecule has 3 aromatic rings. The highest BCUT2D eigenvalue weighted by Crippen LogP contribution is 2.30. The van der Waals surface area contributed by atoms with Crippen LogP contribution in [0.25, 0.3) is 11.1 Å². The molecule has 0 bridgehead atoms. The Morgan fingerprint density at radius 1 is 0.969 bits per heavy atom. The van der Waals surface area contributed by atoms with Crippen LogP contribution < -0.4 is 4.74 Å². The molecule has 0 atom stereocenters. The molecular formula is C27H28ClNO3. The van der Waals surface area contributed by atoms with E-state index in [2.05, 4.69) is 6.92 Å². The molecule has 0 aromatic heterocycles. The van der Waals surface area contributed by atoms with Crippen LogP contribution >= 0.6 is 11.6 Å². The minimum atomic E-state index is -0.140. The van der Waals surface area contributed by atoms with Gasteiger partial charge in [0.15, 0.2) is 5.78 Å². The summed E-state index contributed by atoms with van der Waals surface area (Å²) in [5.74, 6) is 0.626. The highest BCUT2D eigenvalue weighted by molar-refractivity contribution is 6.30. The average molecular weight is 450 g/mol. The van der Waals surface area contributed by atoms with E-state index in [1.807, 2.05) is 12.1 Å².